The summed E-state index contributed by atoms with van der Waals surface area (Å²) in [7, 11) is 3.46. The molecule has 1 aliphatic rings. The van der Waals surface area contributed by atoms with Gasteiger partial charge in [0.1, 0.15) is 23.8 Å². The van der Waals surface area contributed by atoms with Crippen molar-refractivity contribution in [1.82, 2.24) is 9.47 Å². The molecule has 0 radical (unpaired) electrons. The molecule has 3 aromatic carbocycles. The van der Waals surface area contributed by atoms with Gasteiger partial charge in [0.25, 0.3) is 5.91 Å². The van der Waals surface area contributed by atoms with Crippen LogP contribution in [0.5, 0.6) is 5.75 Å². The number of fused-ring (bicyclic) bond motifs is 3. The summed E-state index contributed by atoms with van der Waals surface area (Å²) >= 11 is 0. The summed E-state index contributed by atoms with van der Waals surface area (Å²) in [6.45, 7) is -0.172. The van der Waals surface area contributed by atoms with Gasteiger partial charge in [0.05, 0.1) is 13.2 Å². The second kappa shape index (κ2) is 8.09. The van der Waals surface area contributed by atoms with Crippen LogP contribution < -0.4 is 10.1 Å². The number of carbonyl (C=O) groups is 2. The molecule has 1 N–H and O–H groups in total. The van der Waals surface area contributed by atoms with Gasteiger partial charge in [-0.3, -0.25) is 9.59 Å². The van der Waals surface area contributed by atoms with Crippen molar-refractivity contribution in [1.29, 1.82) is 0 Å². The number of para-hydroxylation sites is 1. The first-order chi connectivity index (χ1) is 16.0. The van der Waals surface area contributed by atoms with E-state index in [4.69, 9.17) is 4.74 Å². The fourth-order valence-electron chi connectivity index (χ4n) is 4.58. The minimum Gasteiger partial charge on any atom is -0.497 e. The normalized spacial score (nSPS) is 15.1. The predicted octanol–water partition coefficient (Wildman–Crippen LogP) is 4.51. The lowest BCUT2D eigenvalue weighted by Crippen LogP contribution is -2.37. The van der Waals surface area contributed by atoms with Crippen molar-refractivity contribution in [2.24, 2.45) is 7.05 Å². The van der Waals surface area contributed by atoms with E-state index < -0.39 is 17.8 Å². The summed E-state index contributed by atoms with van der Waals surface area (Å²) < 4.78 is 20.7. The minimum atomic E-state index is -0.444. The lowest BCUT2D eigenvalue weighted by atomic mass is 9.98. The highest BCUT2D eigenvalue weighted by Gasteiger charge is 2.42. The van der Waals surface area contributed by atoms with Gasteiger partial charge in [0.2, 0.25) is 5.91 Å². The topological polar surface area (TPSA) is 63.6 Å². The van der Waals surface area contributed by atoms with Crippen LogP contribution >= 0.6 is 0 Å². The summed E-state index contributed by atoms with van der Waals surface area (Å²) in [5.41, 5.74) is 3.61. The molecule has 1 aliphatic heterocycles. The van der Waals surface area contributed by atoms with Crippen LogP contribution in [0.4, 0.5) is 10.1 Å². The van der Waals surface area contributed by atoms with Crippen molar-refractivity contribution in [3.63, 3.8) is 0 Å². The number of aromatic nitrogens is 1. The summed E-state index contributed by atoms with van der Waals surface area (Å²) in [5, 5.41) is 3.66. The number of aryl methyl sites for hydroxylation is 1. The molecule has 4 aromatic rings. The van der Waals surface area contributed by atoms with Gasteiger partial charge < -0.3 is 19.5 Å². The molecule has 0 saturated heterocycles. The maximum absolute atomic E-state index is 13.6. The maximum Gasteiger partial charge on any atom is 0.272 e. The fourth-order valence-corrected chi connectivity index (χ4v) is 4.58. The van der Waals surface area contributed by atoms with E-state index in [2.05, 4.69) is 5.32 Å². The second-order valence-electron chi connectivity index (χ2n) is 8.01. The summed E-state index contributed by atoms with van der Waals surface area (Å²) in [6.07, 6.45) is 0. The van der Waals surface area contributed by atoms with Crippen molar-refractivity contribution >= 4 is 28.4 Å². The Labute approximate surface area is 190 Å². The van der Waals surface area contributed by atoms with E-state index in [-0.39, 0.29) is 12.5 Å². The lowest BCUT2D eigenvalue weighted by molar-refractivity contribution is -0.117. The van der Waals surface area contributed by atoms with Crippen molar-refractivity contribution in [2.45, 2.75) is 6.04 Å². The number of amides is 2. The van der Waals surface area contributed by atoms with E-state index in [1.807, 2.05) is 60.1 Å². The zero-order valence-electron chi connectivity index (χ0n) is 18.2. The van der Waals surface area contributed by atoms with Gasteiger partial charge >= 0.3 is 0 Å². The highest BCUT2D eigenvalue weighted by atomic mass is 19.1. The maximum atomic E-state index is 13.6. The Morgan fingerprint density at radius 3 is 2.55 bits per heavy atom. The van der Waals surface area contributed by atoms with E-state index in [1.54, 1.807) is 18.1 Å². The molecule has 0 spiro atoms. The summed E-state index contributed by atoms with van der Waals surface area (Å²) in [5.74, 6) is -0.361. The van der Waals surface area contributed by atoms with Crippen LogP contribution in [0, 0.1) is 5.82 Å². The number of carbonyl (C=O) groups excluding carboxylic acids is 2. The van der Waals surface area contributed by atoms with Gasteiger partial charge in [0, 0.05) is 29.2 Å². The predicted molar refractivity (Wildman–Crippen MR) is 124 cm³/mol. The van der Waals surface area contributed by atoms with Crippen LogP contribution in [-0.4, -0.2) is 34.9 Å². The molecule has 0 fully saturated rings. The third-order valence-electron chi connectivity index (χ3n) is 6.05. The molecule has 1 aromatic heterocycles. The Bertz CT molecular complexity index is 1380. The lowest BCUT2D eigenvalue weighted by Gasteiger charge is -2.26. The van der Waals surface area contributed by atoms with E-state index >= 15 is 0 Å². The standard InChI is InChI=1S/C26H22FN3O3/c1-29-21-9-4-3-8-20(21)23-24(16-10-12-19(33-2)13-11-16)30(26(32)25(23)29)15-22(31)28-18-7-5-6-17(27)14-18/h3-14,24H,15H2,1-2H3,(H,28,31)/t24-/m1/s1. The molecule has 0 bridgehead atoms. The van der Waals surface area contributed by atoms with Gasteiger partial charge in [0.15, 0.2) is 0 Å². The van der Waals surface area contributed by atoms with Crippen LogP contribution in [0.2, 0.25) is 0 Å². The molecule has 166 valence electrons. The Balaban J connectivity index is 1.56. The van der Waals surface area contributed by atoms with E-state index in [0.717, 1.165) is 22.0 Å². The summed E-state index contributed by atoms with van der Waals surface area (Å²) in [4.78, 5) is 28.0. The molecular weight excluding hydrogens is 421 g/mol. The number of hydrogen-bond acceptors (Lipinski definition) is 3. The first-order valence-corrected chi connectivity index (χ1v) is 10.6. The monoisotopic (exact) mass is 443 g/mol. The zero-order chi connectivity index (χ0) is 23.1. The quantitative estimate of drug-likeness (QED) is 0.494. The molecule has 0 saturated carbocycles. The van der Waals surface area contributed by atoms with Crippen LogP contribution in [0.25, 0.3) is 10.9 Å². The number of nitrogens with one attached hydrogen (secondary N) is 1. The average molecular weight is 443 g/mol. The third kappa shape index (κ3) is 3.51. The van der Waals surface area contributed by atoms with Crippen molar-refractivity contribution < 1.29 is 18.7 Å². The van der Waals surface area contributed by atoms with Crippen molar-refractivity contribution in [2.75, 3.05) is 19.0 Å². The summed E-state index contributed by atoms with van der Waals surface area (Å²) in [6, 6.07) is 20.6. The van der Waals surface area contributed by atoms with Crippen LogP contribution in [0.15, 0.2) is 72.8 Å². The van der Waals surface area contributed by atoms with Gasteiger partial charge in [-0.15, -0.1) is 0 Å². The molecule has 2 heterocycles. The number of nitrogens with zero attached hydrogens (tertiary/aromatic N) is 2. The van der Waals surface area contributed by atoms with Crippen LogP contribution in [-0.2, 0) is 11.8 Å². The zero-order valence-corrected chi connectivity index (χ0v) is 18.2. The number of anilines is 1. The number of ether oxygens (including phenoxy) is 1. The largest absolute Gasteiger partial charge is 0.497 e. The highest BCUT2D eigenvalue weighted by molar-refractivity contribution is 6.08. The number of rotatable bonds is 5. The van der Waals surface area contributed by atoms with Gasteiger partial charge in [-0.1, -0.05) is 36.4 Å². The second-order valence-corrected chi connectivity index (χ2v) is 8.01. The van der Waals surface area contributed by atoms with Crippen molar-refractivity contribution in [3.8, 4) is 5.75 Å². The van der Waals surface area contributed by atoms with Crippen molar-refractivity contribution in [3.05, 3.63) is 95.4 Å². The van der Waals surface area contributed by atoms with Crippen LogP contribution in [0.3, 0.4) is 0 Å². The smallest absolute Gasteiger partial charge is 0.272 e. The molecule has 6 nitrogen and oxygen atoms in total. The molecular formula is C26H22FN3O3. The van der Waals surface area contributed by atoms with Gasteiger partial charge in [-0.25, -0.2) is 4.39 Å². The molecule has 2 amide bonds. The Kier molecular flexibility index (Phi) is 5.09. The average Bonchev–Trinajstić information content (AvgIpc) is 3.26. The number of benzene rings is 3. The third-order valence-corrected chi connectivity index (χ3v) is 6.05. The van der Waals surface area contributed by atoms with Gasteiger partial charge in [-0.05, 0) is 42.0 Å². The number of methoxy groups -OCH3 is 1. The minimum absolute atomic E-state index is 0.172. The van der Waals surface area contributed by atoms with Crippen LogP contribution in [0.1, 0.15) is 27.7 Å². The first-order valence-electron chi connectivity index (χ1n) is 10.6. The molecule has 1 atom stereocenters. The molecule has 7 heteroatoms. The van der Waals surface area contributed by atoms with E-state index in [0.29, 0.717) is 17.1 Å². The number of halogens is 1. The Morgan fingerprint density at radius 2 is 1.82 bits per heavy atom. The molecule has 0 aliphatic carbocycles. The first kappa shape index (κ1) is 20.8. The number of hydrogen-bond donors (Lipinski definition) is 1. The van der Waals surface area contributed by atoms with E-state index in [1.165, 1.54) is 18.2 Å². The van der Waals surface area contributed by atoms with E-state index in [9.17, 15) is 14.0 Å². The molecule has 33 heavy (non-hydrogen) atoms. The van der Waals surface area contributed by atoms with Gasteiger partial charge in [-0.2, -0.15) is 0 Å². The SMILES string of the molecule is COc1ccc([C@@H]2c3c(n(C)c4ccccc34)C(=O)N2CC(=O)Nc2cccc(F)c2)cc1. The highest BCUT2D eigenvalue weighted by Crippen LogP contribution is 2.44. The fraction of sp³-hybridized carbons (Fsp3) is 0.154. The molecule has 5 rings (SSSR count). The molecule has 0 unspecified atom stereocenters. The Morgan fingerprint density at radius 1 is 1.06 bits per heavy atom. The Hall–Kier alpha value is -4.13.